The first kappa shape index (κ1) is 15.9. The number of nitrogens with zero attached hydrogens (tertiary/aromatic N) is 2. The molecule has 2 N–H and O–H groups in total. The minimum Gasteiger partial charge on any atom is -0.326 e. The van der Waals surface area contributed by atoms with Gasteiger partial charge in [0.05, 0.1) is 10.7 Å². The molecule has 1 fully saturated rings. The van der Waals surface area contributed by atoms with Crippen molar-refractivity contribution in [2.24, 2.45) is 5.73 Å². The van der Waals surface area contributed by atoms with Crippen molar-refractivity contribution in [2.45, 2.75) is 71.4 Å². The van der Waals surface area contributed by atoms with Crippen LogP contribution in [-0.4, -0.2) is 34.6 Å². The standard InChI is InChI=1S/C16H29N3S/c1-12-13(2)20-15(18-12)11-14(17)16(3,4)19-9-7-5-6-8-10-19/h14H,5-11,17H2,1-4H3. The molecule has 0 aliphatic carbocycles. The SMILES string of the molecule is Cc1nc(CC(N)C(C)(C)N2CCCCCC2)sc1C. The third kappa shape index (κ3) is 3.60. The molecule has 114 valence electrons. The largest absolute Gasteiger partial charge is 0.326 e. The van der Waals surface area contributed by atoms with Crippen molar-refractivity contribution in [3.05, 3.63) is 15.6 Å². The third-order valence-corrected chi connectivity index (χ3v) is 5.89. The van der Waals surface area contributed by atoms with Crippen LogP contribution in [0.25, 0.3) is 0 Å². The molecule has 3 nitrogen and oxygen atoms in total. The monoisotopic (exact) mass is 295 g/mol. The van der Waals surface area contributed by atoms with Crippen molar-refractivity contribution in [3.8, 4) is 0 Å². The van der Waals surface area contributed by atoms with Crippen molar-refractivity contribution < 1.29 is 0 Å². The number of hydrogen-bond donors (Lipinski definition) is 1. The lowest BCUT2D eigenvalue weighted by molar-refractivity contribution is 0.0979. The van der Waals surface area contributed by atoms with Gasteiger partial charge in [-0.15, -0.1) is 11.3 Å². The topological polar surface area (TPSA) is 42.1 Å². The number of aryl methyl sites for hydroxylation is 2. The van der Waals surface area contributed by atoms with Crippen LogP contribution in [0.1, 0.15) is 55.1 Å². The van der Waals surface area contributed by atoms with E-state index >= 15 is 0 Å². The quantitative estimate of drug-likeness (QED) is 0.927. The highest BCUT2D eigenvalue weighted by Crippen LogP contribution is 2.26. The molecule has 0 radical (unpaired) electrons. The van der Waals surface area contributed by atoms with E-state index in [0.29, 0.717) is 0 Å². The van der Waals surface area contributed by atoms with Gasteiger partial charge in [0.2, 0.25) is 0 Å². The van der Waals surface area contributed by atoms with E-state index in [-0.39, 0.29) is 11.6 Å². The highest BCUT2D eigenvalue weighted by molar-refractivity contribution is 7.11. The summed E-state index contributed by atoms with van der Waals surface area (Å²) >= 11 is 1.80. The molecular weight excluding hydrogens is 266 g/mol. The Morgan fingerprint density at radius 3 is 2.30 bits per heavy atom. The summed E-state index contributed by atoms with van der Waals surface area (Å²) < 4.78 is 0. The number of hydrogen-bond acceptors (Lipinski definition) is 4. The molecule has 1 aromatic heterocycles. The van der Waals surface area contributed by atoms with E-state index < -0.39 is 0 Å². The summed E-state index contributed by atoms with van der Waals surface area (Å²) in [5.74, 6) is 0. The Morgan fingerprint density at radius 2 is 1.80 bits per heavy atom. The maximum absolute atomic E-state index is 6.55. The minimum absolute atomic E-state index is 0.0534. The first-order chi connectivity index (χ1) is 9.41. The van der Waals surface area contributed by atoms with Gasteiger partial charge < -0.3 is 5.73 Å². The number of aromatic nitrogens is 1. The molecule has 1 aliphatic rings. The fraction of sp³-hybridized carbons (Fsp3) is 0.812. The predicted octanol–water partition coefficient (Wildman–Crippen LogP) is 3.28. The molecule has 0 aromatic carbocycles. The van der Waals surface area contributed by atoms with E-state index in [9.17, 15) is 0 Å². The van der Waals surface area contributed by atoms with Crippen LogP contribution in [0.5, 0.6) is 0 Å². The van der Waals surface area contributed by atoms with Crippen LogP contribution >= 0.6 is 11.3 Å². The number of nitrogens with two attached hydrogens (primary N) is 1. The maximum Gasteiger partial charge on any atom is 0.0947 e. The lowest BCUT2D eigenvalue weighted by Crippen LogP contribution is -2.57. The van der Waals surface area contributed by atoms with E-state index in [4.69, 9.17) is 5.73 Å². The van der Waals surface area contributed by atoms with Crippen LogP contribution < -0.4 is 5.73 Å². The Bertz CT molecular complexity index is 411. The summed E-state index contributed by atoms with van der Waals surface area (Å²) in [5.41, 5.74) is 7.76. The van der Waals surface area contributed by atoms with Crippen LogP contribution in [0.3, 0.4) is 0 Å². The van der Waals surface area contributed by atoms with Crippen LogP contribution in [0.15, 0.2) is 0 Å². The highest BCUT2D eigenvalue weighted by atomic mass is 32.1. The van der Waals surface area contributed by atoms with Crippen LogP contribution in [0, 0.1) is 13.8 Å². The summed E-state index contributed by atoms with van der Waals surface area (Å²) in [4.78, 5) is 8.56. The van der Waals surface area contributed by atoms with E-state index in [0.717, 1.165) is 12.1 Å². The van der Waals surface area contributed by atoms with Gasteiger partial charge in [-0.1, -0.05) is 12.8 Å². The second-order valence-electron chi connectivity index (χ2n) is 6.61. The van der Waals surface area contributed by atoms with Gasteiger partial charge in [0, 0.05) is 22.9 Å². The Hall–Kier alpha value is -0.450. The lowest BCUT2D eigenvalue weighted by atomic mass is 9.90. The molecule has 2 heterocycles. The molecule has 1 unspecified atom stereocenters. The van der Waals surface area contributed by atoms with Gasteiger partial charge in [0.25, 0.3) is 0 Å². The summed E-state index contributed by atoms with van der Waals surface area (Å²) in [6.45, 7) is 11.2. The van der Waals surface area contributed by atoms with Gasteiger partial charge in [-0.25, -0.2) is 4.98 Å². The Morgan fingerprint density at radius 1 is 1.20 bits per heavy atom. The van der Waals surface area contributed by atoms with Gasteiger partial charge in [-0.3, -0.25) is 4.90 Å². The van der Waals surface area contributed by atoms with E-state index in [2.05, 4.69) is 37.6 Å². The zero-order valence-corrected chi connectivity index (χ0v) is 14.2. The third-order valence-electron chi connectivity index (χ3n) is 4.80. The normalized spacial score (nSPS) is 19.9. The van der Waals surface area contributed by atoms with Crippen molar-refractivity contribution in [1.29, 1.82) is 0 Å². The molecule has 0 saturated carbocycles. The van der Waals surface area contributed by atoms with Gasteiger partial charge >= 0.3 is 0 Å². The second kappa shape index (κ2) is 6.54. The Labute approximate surface area is 127 Å². The summed E-state index contributed by atoms with van der Waals surface area (Å²) in [6.07, 6.45) is 6.25. The fourth-order valence-corrected chi connectivity index (χ4v) is 3.94. The van der Waals surface area contributed by atoms with Crippen LogP contribution in [-0.2, 0) is 6.42 Å². The summed E-state index contributed by atoms with van der Waals surface area (Å²) in [7, 11) is 0. The van der Waals surface area contributed by atoms with E-state index in [1.54, 1.807) is 11.3 Å². The molecular formula is C16H29N3S. The van der Waals surface area contributed by atoms with Crippen molar-refractivity contribution in [1.82, 2.24) is 9.88 Å². The van der Waals surface area contributed by atoms with Gasteiger partial charge in [0.15, 0.2) is 0 Å². The lowest BCUT2D eigenvalue weighted by Gasteiger charge is -2.42. The molecule has 1 saturated heterocycles. The number of thiazole rings is 1. The molecule has 0 amide bonds. The first-order valence-electron chi connectivity index (χ1n) is 7.85. The molecule has 1 aliphatic heterocycles. The van der Waals surface area contributed by atoms with Gasteiger partial charge in [-0.2, -0.15) is 0 Å². The van der Waals surface area contributed by atoms with Crippen molar-refractivity contribution in [3.63, 3.8) is 0 Å². The minimum atomic E-state index is 0.0534. The average molecular weight is 295 g/mol. The Balaban J connectivity index is 2.03. The van der Waals surface area contributed by atoms with Gasteiger partial charge in [0.1, 0.15) is 0 Å². The summed E-state index contributed by atoms with van der Waals surface area (Å²) in [5, 5.41) is 1.19. The van der Waals surface area contributed by atoms with Crippen molar-refractivity contribution in [2.75, 3.05) is 13.1 Å². The highest BCUT2D eigenvalue weighted by Gasteiger charge is 2.33. The number of rotatable bonds is 4. The second-order valence-corrected chi connectivity index (χ2v) is 7.90. The molecule has 0 spiro atoms. The fourth-order valence-electron chi connectivity index (χ4n) is 2.95. The molecule has 1 atom stereocenters. The molecule has 20 heavy (non-hydrogen) atoms. The van der Waals surface area contributed by atoms with E-state index in [1.165, 1.54) is 48.7 Å². The van der Waals surface area contributed by atoms with E-state index in [1.807, 2.05) is 0 Å². The van der Waals surface area contributed by atoms with Crippen LogP contribution in [0.4, 0.5) is 0 Å². The van der Waals surface area contributed by atoms with Crippen molar-refractivity contribution >= 4 is 11.3 Å². The van der Waals surface area contributed by atoms with Crippen LogP contribution in [0.2, 0.25) is 0 Å². The van der Waals surface area contributed by atoms with Gasteiger partial charge in [-0.05, 0) is 53.6 Å². The Kier molecular flexibility index (Phi) is 5.21. The average Bonchev–Trinajstić information content (AvgIpc) is 2.62. The predicted molar refractivity (Wildman–Crippen MR) is 87.4 cm³/mol. The molecule has 2 rings (SSSR count). The smallest absolute Gasteiger partial charge is 0.0947 e. The number of likely N-dealkylation sites (tertiary alicyclic amines) is 1. The summed E-state index contributed by atoms with van der Waals surface area (Å²) in [6, 6.07) is 0.144. The molecule has 4 heteroatoms. The zero-order valence-electron chi connectivity index (χ0n) is 13.4. The zero-order chi connectivity index (χ0) is 14.8. The first-order valence-corrected chi connectivity index (χ1v) is 8.66. The molecule has 0 bridgehead atoms. The maximum atomic E-state index is 6.55. The molecule has 1 aromatic rings.